The molecule has 0 aliphatic rings. The molecule has 0 N–H and O–H groups in total. The zero-order chi connectivity index (χ0) is 25.8. The van der Waals surface area contributed by atoms with Crippen molar-refractivity contribution in [3.8, 4) is 5.75 Å². The SMILES string of the molecule is CCCCCCCCCCCCc1ccc(C(=O)Oc2ccc(C(C)OCCCCCC)cc2)cc1. The summed E-state index contributed by atoms with van der Waals surface area (Å²) < 4.78 is 11.5. The van der Waals surface area contributed by atoms with Gasteiger partial charge in [0, 0.05) is 6.61 Å². The van der Waals surface area contributed by atoms with Crippen molar-refractivity contribution in [2.75, 3.05) is 6.61 Å². The number of aryl methyl sites for hydroxylation is 1. The lowest BCUT2D eigenvalue weighted by Gasteiger charge is -2.14. The molecule has 0 fully saturated rings. The second-order valence-electron chi connectivity index (χ2n) is 10.2. The summed E-state index contributed by atoms with van der Waals surface area (Å²) in [5.41, 5.74) is 2.98. The van der Waals surface area contributed by atoms with Gasteiger partial charge in [-0.05, 0) is 61.6 Å². The molecule has 200 valence electrons. The van der Waals surface area contributed by atoms with Crippen LogP contribution in [-0.2, 0) is 11.2 Å². The van der Waals surface area contributed by atoms with E-state index in [-0.39, 0.29) is 12.1 Å². The summed E-state index contributed by atoms with van der Waals surface area (Å²) in [6.45, 7) is 7.34. The Morgan fingerprint density at radius 1 is 0.667 bits per heavy atom. The smallest absolute Gasteiger partial charge is 0.343 e. The van der Waals surface area contributed by atoms with E-state index in [4.69, 9.17) is 9.47 Å². The third kappa shape index (κ3) is 12.7. The quantitative estimate of drug-likeness (QED) is 0.104. The molecule has 2 rings (SSSR count). The van der Waals surface area contributed by atoms with Crippen molar-refractivity contribution in [1.82, 2.24) is 0 Å². The lowest BCUT2D eigenvalue weighted by Crippen LogP contribution is -2.08. The van der Waals surface area contributed by atoms with Gasteiger partial charge in [-0.25, -0.2) is 4.79 Å². The molecule has 0 heterocycles. The highest BCUT2D eigenvalue weighted by atomic mass is 16.5. The van der Waals surface area contributed by atoms with Crippen LogP contribution in [0.25, 0.3) is 0 Å². The van der Waals surface area contributed by atoms with Gasteiger partial charge in [0.1, 0.15) is 5.75 Å². The molecule has 1 unspecified atom stereocenters. The first-order chi connectivity index (χ1) is 17.6. The predicted octanol–water partition coefficient (Wildman–Crippen LogP) is 10.0. The molecule has 3 heteroatoms. The molecule has 1 atom stereocenters. The average molecular weight is 495 g/mol. The van der Waals surface area contributed by atoms with Gasteiger partial charge in [0.15, 0.2) is 0 Å². The minimum Gasteiger partial charge on any atom is -0.423 e. The van der Waals surface area contributed by atoms with Gasteiger partial charge >= 0.3 is 5.97 Å². The Hall–Kier alpha value is -2.13. The minimum atomic E-state index is -0.312. The topological polar surface area (TPSA) is 35.5 Å². The first kappa shape index (κ1) is 30.1. The third-order valence-corrected chi connectivity index (χ3v) is 6.93. The number of hydrogen-bond acceptors (Lipinski definition) is 3. The van der Waals surface area contributed by atoms with Crippen LogP contribution < -0.4 is 4.74 Å². The van der Waals surface area contributed by atoms with Crippen molar-refractivity contribution in [1.29, 1.82) is 0 Å². The molecule has 2 aromatic carbocycles. The maximum absolute atomic E-state index is 12.6. The highest BCUT2D eigenvalue weighted by Gasteiger charge is 2.10. The number of hydrogen-bond donors (Lipinski definition) is 0. The van der Waals surface area contributed by atoms with Gasteiger partial charge in [-0.15, -0.1) is 0 Å². The minimum absolute atomic E-state index is 0.0412. The van der Waals surface area contributed by atoms with Crippen LogP contribution in [0.1, 0.15) is 138 Å². The van der Waals surface area contributed by atoms with E-state index in [0.29, 0.717) is 11.3 Å². The number of benzene rings is 2. The molecular weight excluding hydrogens is 444 g/mol. The van der Waals surface area contributed by atoms with E-state index < -0.39 is 0 Å². The monoisotopic (exact) mass is 494 g/mol. The highest BCUT2D eigenvalue weighted by molar-refractivity contribution is 5.91. The summed E-state index contributed by atoms with van der Waals surface area (Å²) in [5.74, 6) is 0.252. The number of esters is 1. The van der Waals surface area contributed by atoms with Crippen LogP contribution in [0.5, 0.6) is 5.75 Å². The van der Waals surface area contributed by atoms with Crippen LogP contribution in [0, 0.1) is 0 Å². The molecule has 0 bridgehead atoms. The molecule has 2 aromatic rings. The molecule has 0 aliphatic heterocycles. The predicted molar refractivity (Wildman–Crippen MR) is 152 cm³/mol. The van der Waals surface area contributed by atoms with Crippen LogP contribution >= 0.6 is 0 Å². The molecule has 3 nitrogen and oxygen atoms in total. The van der Waals surface area contributed by atoms with Crippen LogP contribution in [0.2, 0.25) is 0 Å². The summed E-state index contributed by atoms with van der Waals surface area (Å²) >= 11 is 0. The number of carbonyl (C=O) groups excluding carboxylic acids is 1. The summed E-state index contributed by atoms with van der Waals surface area (Å²) in [6, 6.07) is 15.6. The Morgan fingerprint density at radius 3 is 1.78 bits per heavy atom. The normalized spacial score (nSPS) is 12.0. The number of unbranched alkanes of at least 4 members (excludes halogenated alkanes) is 12. The fraction of sp³-hybridized carbons (Fsp3) is 0.606. The number of ether oxygens (including phenoxy) is 2. The van der Waals surface area contributed by atoms with Crippen molar-refractivity contribution in [2.45, 2.75) is 123 Å². The van der Waals surface area contributed by atoms with Gasteiger partial charge < -0.3 is 9.47 Å². The molecule has 0 saturated carbocycles. The van der Waals surface area contributed by atoms with Crippen LogP contribution in [0.15, 0.2) is 48.5 Å². The van der Waals surface area contributed by atoms with Crippen molar-refractivity contribution < 1.29 is 14.3 Å². The average Bonchev–Trinajstić information content (AvgIpc) is 2.90. The first-order valence-corrected chi connectivity index (χ1v) is 14.7. The summed E-state index contributed by atoms with van der Waals surface area (Å²) in [7, 11) is 0. The molecule has 0 amide bonds. The van der Waals surface area contributed by atoms with Gasteiger partial charge in [-0.2, -0.15) is 0 Å². The van der Waals surface area contributed by atoms with Crippen molar-refractivity contribution >= 4 is 5.97 Å². The van der Waals surface area contributed by atoms with Gasteiger partial charge in [0.25, 0.3) is 0 Å². The molecular formula is C33H50O3. The molecule has 0 radical (unpaired) electrons. The number of rotatable bonds is 20. The second-order valence-corrected chi connectivity index (χ2v) is 10.2. The fourth-order valence-corrected chi connectivity index (χ4v) is 4.48. The molecule has 0 spiro atoms. The lowest BCUT2D eigenvalue weighted by atomic mass is 10.0. The maximum Gasteiger partial charge on any atom is 0.343 e. The Morgan fingerprint density at radius 2 is 1.19 bits per heavy atom. The molecule has 0 saturated heterocycles. The van der Waals surface area contributed by atoms with E-state index in [2.05, 4.69) is 32.9 Å². The van der Waals surface area contributed by atoms with Gasteiger partial charge in [0.2, 0.25) is 0 Å². The lowest BCUT2D eigenvalue weighted by molar-refractivity contribution is 0.0627. The Kier molecular flexibility index (Phi) is 15.9. The van der Waals surface area contributed by atoms with Crippen LogP contribution in [-0.4, -0.2) is 12.6 Å². The summed E-state index contributed by atoms with van der Waals surface area (Å²) in [5, 5.41) is 0. The van der Waals surface area contributed by atoms with E-state index in [0.717, 1.165) is 25.0 Å². The Labute approximate surface area is 221 Å². The highest BCUT2D eigenvalue weighted by Crippen LogP contribution is 2.22. The van der Waals surface area contributed by atoms with Gasteiger partial charge in [-0.1, -0.05) is 115 Å². The van der Waals surface area contributed by atoms with E-state index >= 15 is 0 Å². The summed E-state index contributed by atoms with van der Waals surface area (Å²) in [4.78, 5) is 12.6. The zero-order valence-corrected chi connectivity index (χ0v) is 23.2. The van der Waals surface area contributed by atoms with Crippen molar-refractivity contribution in [3.05, 3.63) is 65.2 Å². The molecule has 36 heavy (non-hydrogen) atoms. The first-order valence-electron chi connectivity index (χ1n) is 14.7. The van der Waals surface area contributed by atoms with E-state index in [1.54, 1.807) is 0 Å². The maximum atomic E-state index is 12.6. The third-order valence-electron chi connectivity index (χ3n) is 6.93. The van der Waals surface area contributed by atoms with Crippen molar-refractivity contribution in [3.63, 3.8) is 0 Å². The Bertz CT molecular complexity index is 810. The number of carbonyl (C=O) groups is 1. The fourth-order valence-electron chi connectivity index (χ4n) is 4.48. The second kappa shape index (κ2) is 19.0. The largest absolute Gasteiger partial charge is 0.423 e. The zero-order valence-electron chi connectivity index (χ0n) is 23.2. The Balaban J connectivity index is 1.64. The van der Waals surface area contributed by atoms with Crippen LogP contribution in [0.3, 0.4) is 0 Å². The summed E-state index contributed by atoms with van der Waals surface area (Å²) in [6.07, 6.45) is 19.4. The van der Waals surface area contributed by atoms with Crippen LogP contribution in [0.4, 0.5) is 0 Å². The van der Waals surface area contributed by atoms with E-state index in [9.17, 15) is 4.79 Å². The van der Waals surface area contributed by atoms with Gasteiger partial charge in [-0.3, -0.25) is 0 Å². The van der Waals surface area contributed by atoms with E-state index in [1.807, 2.05) is 36.4 Å². The van der Waals surface area contributed by atoms with Gasteiger partial charge in [0.05, 0.1) is 11.7 Å². The molecule has 0 aromatic heterocycles. The molecule has 0 aliphatic carbocycles. The van der Waals surface area contributed by atoms with Crippen molar-refractivity contribution in [2.24, 2.45) is 0 Å². The van der Waals surface area contributed by atoms with E-state index in [1.165, 1.54) is 89.0 Å². The standard InChI is InChI=1S/C33H50O3/c1-4-6-8-10-11-12-13-14-15-16-18-29-19-21-31(22-20-29)33(34)36-32-25-23-30(24-26-32)28(3)35-27-17-9-7-5-2/h19-26,28H,4-18,27H2,1-3H3.